The number of nitrogens with two attached hydrogens (primary N) is 1. The van der Waals surface area contributed by atoms with E-state index in [1.165, 1.54) is 0 Å². The summed E-state index contributed by atoms with van der Waals surface area (Å²) in [5, 5.41) is 12.2. The van der Waals surface area contributed by atoms with Gasteiger partial charge in [-0.3, -0.25) is 5.43 Å². The van der Waals surface area contributed by atoms with Gasteiger partial charge in [0.25, 0.3) is 0 Å². The zero-order chi connectivity index (χ0) is 13.8. The molecule has 0 radical (unpaired) electrons. The molecular formula is C10H20N6O2. The second kappa shape index (κ2) is 5.78. The fourth-order valence-corrected chi connectivity index (χ4v) is 1.08. The van der Waals surface area contributed by atoms with Gasteiger partial charge < -0.3 is 15.2 Å². The van der Waals surface area contributed by atoms with Crippen molar-refractivity contribution in [3.8, 4) is 6.01 Å². The third kappa shape index (κ3) is 4.30. The Bertz CT molecular complexity index is 396. The van der Waals surface area contributed by atoms with Crippen LogP contribution in [0.5, 0.6) is 6.01 Å². The molecule has 0 saturated carbocycles. The normalized spacial score (nSPS) is 11.5. The average molecular weight is 256 g/mol. The number of hydrazine groups is 1. The molecule has 1 rings (SSSR count). The molecule has 0 amide bonds. The highest BCUT2D eigenvalue weighted by Crippen LogP contribution is 2.15. The van der Waals surface area contributed by atoms with E-state index in [0.29, 0.717) is 0 Å². The maximum Gasteiger partial charge on any atom is 0.323 e. The molecule has 1 aromatic rings. The lowest BCUT2D eigenvalue weighted by Gasteiger charge is -2.23. The number of aliphatic hydroxyl groups excluding tert-OH is 1. The molecule has 1 heterocycles. The Morgan fingerprint density at radius 3 is 2.39 bits per heavy atom. The number of anilines is 2. The number of hydrogen-bond donors (Lipinski definition) is 4. The van der Waals surface area contributed by atoms with Gasteiger partial charge in [0.2, 0.25) is 11.9 Å². The van der Waals surface area contributed by atoms with Crippen molar-refractivity contribution in [3.63, 3.8) is 0 Å². The SMILES string of the molecule is CC(C)Oc1nc(NN)nc(NC(C)(C)CO)n1. The van der Waals surface area contributed by atoms with E-state index in [9.17, 15) is 5.11 Å². The first-order chi connectivity index (χ1) is 8.36. The van der Waals surface area contributed by atoms with Crippen LogP contribution in [0.1, 0.15) is 27.7 Å². The summed E-state index contributed by atoms with van der Waals surface area (Å²) < 4.78 is 5.39. The molecule has 5 N–H and O–H groups in total. The highest BCUT2D eigenvalue weighted by molar-refractivity contribution is 5.36. The zero-order valence-corrected chi connectivity index (χ0v) is 11.1. The third-order valence-electron chi connectivity index (χ3n) is 1.93. The van der Waals surface area contributed by atoms with E-state index >= 15 is 0 Å². The highest BCUT2D eigenvalue weighted by atomic mass is 16.5. The molecule has 0 aliphatic rings. The predicted octanol–water partition coefficient (Wildman–Crippen LogP) is 0.127. The Morgan fingerprint density at radius 1 is 1.28 bits per heavy atom. The minimum absolute atomic E-state index is 0.0586. The average Bonchev–Trinajstić information content (AvgIpc) is 2.27. The van der Waals surface area contributed by atoms with Gasteiger partial charge in [-0.1, -0.05) is 0 Å². The first kappa shape index (κ1) is 14.4. The van der Waals surface area contributed by atoms with E-state index < -0.39 is 5.54 Å². The van der Waals surface area contributed by atoms with Crippen LogP contribution in [0.15, 0.2) is 0 Å². The van der Waals surface area contributed by atoms with Crippen molar-refractivity contribution in [2.45, 2.75) is 39.3 Å². The second-order valence-electron chi connectivity index (χ2n) is 4.74. The van der Waals surface area contributed by atoms with Crippen LogP contribution >= 0.6 is 0 Å². The van der Waals surface area contributed by atoms with E-state index in [2.05, 4.69) is 25.7 Å². The maximum absolute atomic E-state index is 9.19. The van der Waals surface area contributed by atoms with Crippen molar-refractivity contribution in [2.75, 3.05) is 17.3 Å². The van der Waals surface area contributed by atoms with E-state index in [4.69, 9.17) is 10.6 Å². The van der Waals surface area contributed by atoms with Crippen LogP contribution in [0.3, 0.4) is 0 Å². The van der Waals surface area contributed by atoms with Gasteiger partial charge in [0.1, 0.15) is 0 Å². The van der Waals surface area contributed by atoms with E-state index in [-0.39, 0.29) is 30.6 Å². The van der Waals surface area contributed by atoms with Crippen molar-refractivity contribution in [1.29, 1.82) is 0 Å². The Labute approximate surface area is 106 Å². The monoisotopic (exact) mass is 256 g/mol. The van der Waals surface area contributed by atoms with Crippen molar-refractivity contribution < 1.29 is 9.84 Å². The molecule has 18 heavy (non-hydrogen) atoms. The molecule has 1 aromatic heterocycles. The topological polar surface area (TPSA) is 118 Å². The summed E-state index contributed by atoms with van der Waals surface area (Å²) >= 11 is 0. The van der Waals surface area contributed by atoms with Crippen LogP contribution in [-0.2, 0) is 0 Å². The Morgan fingerprint density at radius 2 is 1.89 bits per heavy atom. The summed E-state index contributed by atoms with van der Waals surface area (Å²) in [6.07, 6.45) is -0.0586. The van der Waals surface area contributed by atoms with Gasteiger partial charge in [-0.25, -0.2) is 5.84 Å². The lowest BCUT2D eigenvalue weighted by molar-refractivity contribution is 0.220. The second-order valence-corrected chi connectivity index (χ2v) is 4.74. The molecule has 8 nitrogen and oxygen atoms in total. The van der Waals surface area contributed by atoms with Gasteiger partial charge in [-0.05, 0) is 27.7 Å². The number of ether oxygens (including phenoxy) is 1. The Hall–Kier alpha value is -1.67. The summed E-state index contributed by atoms with van der Waals surface area (Å²) in [6.45, 7) is 7.29. The Balaban J connectivity index is 2.97. The van der Waals surface area contributed by atoms with Crippen LogP contribution in [0.25, 0.3) is 0 Å². The van der Waals surface area contributed by atoms with Crippen molar-refractivity contribution in [1.82, 2.24) is 15.0 Å². The van der Waals surface area contributed by atoms with Gasteiger partial charge in [0.05, 0.1) is 18.2 Å². The summed E-state index contributed by atoms with van der Waals surface area (Å²) in [4.78, 5) is 12.1. The largest absolute Gasteiger partial charge is 0.461 e. The molecule has 0 unspecified atom stereocenters. The van der Waals surface area contributed by atoms with E-state index in [0.717, 1.165) is 0 Å². The van der Waals surface area contributed by atoms with E-state index in [1.807, 2.05) is 27.7 Å². The first-order valence-corrected chi connectivity index (χ1v) is 5.64. The minimum atomic E-state index is -0.553. The van der Waals surface area contributed by atoms with Gasteiger partial charge in [-0.15, -0.1) is 0 Å². The van der Waals surface area contributed by atoms with Crippen LogP contribution in [0.2, 0.25) is 0 Å². The number of nitrogens with zero attached hydrogens (tertiary/aromatic N) is 3. The number of aliphatic hydroxyl groups is 1. The van der Waals surface area contributed by atoms with Crippen LogP contribution in [-0.4, -0.2) is 38.3 Å². The van der Waals surface area contributed by atoms with E-state index in [1.54, 1.807) is 0 Å². The summed E-state index contributed by atoms with van der Waals surface area (Å²) in [7, 11) is 0. The zero-order valence-electron chi connectivity index (χ0n) is 11.1. The molecule has 8 heteroatoms. The van der Waals surface area contributed by atoms with Crippen molar-refractivity contribution >= 4 is 11.9 Å². The fraction of sp³-hybridized carbons (Fsp3) is 0.700. The summed E-state index contributed by atoms with van der Waals surface area (Å²) in [5.41, 5.74) is 1.79. The molecule has 0 spiro atoms. The predicted molar refractivity (Wildman–Crippen MR) is 68.2 cm³/mol. The Kier molecular flexibility index (Phi) is 4.62. The number of rotatable bonds is 6. The minimum Gasteiger partial charge on any atom is -0.461 e. The molecule has 0 aromatic carbocycles. The first-order valence-electron chi connectivity index (χ1n) is 5.64. The molecule has 0 atom stereocenters. The standard InChI is InChI=1S/C10H20N6O2/c1-6(2)18-9-13-7(12-8(14-9)16-11)15-10(3,4)5-17/h6,17H,5,11H2,1-4H3,(H2,12,13,14,15,16). The summed E-state index contributed by atoms with van der Waals surface area (Å²) in [5.74, 6) is 5.76. The number of aromatic nitrogens is 3. The highest BCUT2D eigenvalue weighted by Gasteiger charge is 2.19. The third-order valence-corrected chi connectivity index (χ3v) is 1.93. The number of hydrogen-bond acceptors (Lipinski definition) is 8. The molecule has 0 aliphatic carbocycles. The molecule has 0 bridgehead atoms. The van der Waals surface area contributed by atoms with Crippen molar-refractivity contribution in [2.24, 2.45) is 5.84 Å². The van der Waals surface area contributed by atoms with Crippen LogP contribution < -0.4 is 21.3 Å². The molecule has 102 valence electrons. The molecule has 0 aliphatic heterocycles. The van der Waals surface area contributed by atoms with Gasteiger partial charge >= 0.3 is 6.01 Å². The lowest BCUT2D eigenvalue weighted by Crippen LogP contribution is -2.36. The molecule has 0 saturated heterocycles. The summed E-state index contributed by atoms with van der Waals surface area (Å²) in [6, 6.07) is 0.171. The maximum atomic E-state index is 9.19. The van der Waals surface area contributed by atoms with Crippen LogP contribution in [0.4, 0.5) is 11.9 Å². The van der Waals surface area contributed by atoms with Gasteiger partial charge in [-0.2, -0.15) is 15.0 Å². The number of nitrogen functional groups attached to an aromatic ring is 1. The molecule has 0 fully saturated rings. The van der Waals surface area contributed by atoms with Crippen molar-refractivity contribution in [3.05, 3.63) is 0 Å². The van der Waals surface area contributed by atoms with Gasteiger partial charge in [0.15, 0.2) is 0 Å². The van der Waals surface area contributed by atoms with Crippen LogP contribution in [0, 0.1) is 0 Å². The van der Waals surface area contributed by atoms with Gasteiger partial charge in [0, 0.05) is 0 Å². The lowest BCUT2D eigenvalue weighted by atomic mass is 10.1. The smallest absolute Gasteiger partial charge is 0.323 e. The quantitative estimate of drug-likeness (QED) is 0.419. The fourth-order valence-electron chi connectivity index (χ4n) is 1.08. The number of nitrogens with one attached hydrogen (secondary N) is 2. The molecular weight excluding hydrogens is 236 g/mol.